The molecular weight excluding hydrogens is 255 g/mol. The molecule has 0 fully saturated rings. The molecule has 2 aromatic rings. The van der Waals surface area contributed by atoms with Gasteiger partial charge in [0, 0.05) is 5.39 Å². The number of terminal acetylenes is 1. The molecule has 0 unspecified atom stereocenters. The highest BCUT2D eigenvalue weighted by atomic mass is 19.1. The van der Waals surface area contributed by atoms with E-state index in [1.165, 1.54) is 6.07 Å². The molecule has 2 aromatic carbocycles. The third-order valence-electron chi connectivity index (χ3n) is 3.07. The van der Waals surface area contributed by atoms with Crippen molar-refractivity contribution in [3.63, 3.8) is 0 Å². The fourth-order valence-electron chi connectivity index (χ4n) is 2.05. The van der Waals surface area contributed by atoms with Crippen LogP contribution in [0.4, 0.5) is 4.39 Å². The summed E-state index contributed by atoms with van der Waals surface area (Å²) < 4.78 is 19.0. The molecule has 0 spiro atoms. The van der Waals surface area contributed by atoms with Gasteiger partial charge in [-0.1, -0.05) is 25.8 Å². The van der Waals surface area contributed by atoms with Gasteiger partial charge in [-0.05, 0) is 36.1 Å². The van der Waals surface area contributed by atoms with Crippen molar-refractivity contribution in [2.45, 2.75) is 20.8 Å². The van der Waals surface area contributed by atoms with E-state index < -0.39 is 5.82 Å². The van der Waals surface area contributed by atoms with Crippen molar-refractivity contribution in [3.05, 3.63) is 41.2 Å². The lowest BCUT2D eigenvalue weighted by atomic mass is 9.99. The Balaban J connectivity index is 2.58. The minimum absolute atomic E-state index is 0.208. The highest BCUT2D eigenvalue weighted by molar-refractivity contribution is 5.92. The predicted molar refractivity (Wildman–Crippen MR) is 77.1 cm³/mol. The Bertz CT molecular complexity index is 724. The Kier molecular flexibility index (Phi) is 3.76. The van der Waals surface area contributed by atoms with Crippen molar-refractivity contribution >= 4 is 16.7 Å². The van der Waals surface area contributed by atoms with Gasteiger partial charge in [0.1, 0.15) is 11.6 Å². The molecule has 102 valence electrons. The Morgan fingerprint density at radius 1 is 1.35 bits per heavy atom. The van der Waals surface area contributed by atoms with Crippen LogP contribution in [-0.4, -0.2) is 5.97 Å². The summed E-state index contributed by atoms with van der Waals surface area (Å²) in [6.45, 7) is 5.35. The van der Waals surface area contributed by atoms with Gasteiger partial charge in [0.15, 0.2) is 0 Å². The summed E-state index contributed by atoms with van der Waals surface area (Å²) in [5.74, 6) is 1.89. The Hall–Kier alpha value is -2.34. The molecule has 0 saturated carbocycles. The first-order valence-electron chi connectivity index (χ1n) is 6.35. The lowest BCUT2D eigenvalue weighted by Gasteiger charge is -2.11. The molecule has 0 saturated heterocycles. The van der Waals surface area contributed by atoms with Crippen molar-refractivity contribution in [3.8, 4) is 18.1 Å². The number of hydrogen-bond acceptors (Lipinski definition) is 2. The van der Waals surface area contributed by atoms with Crippen LogP contribution in [0.3, 0.4) is 0 Å². The highest BCUT2D eigenvalue weighted by Gasteiger charge is 2.13. The number of ether oxygens (including phenoxy) is 1. The van der Waals surface area contributed by atoms with Gasteiger partial charge in [-0.25, -0.2) is 4.39 Å². The van der Waals surface area contributed by atoms with Crippen LogP contribution < -0.4 is 4.74 Å². The summed E-state index contributed by atoms with van der Waals surface area (Å²) in [4.78, 5) is 11.6. The first kappa shape index (κ1) is 14.1. The van der Waals surface area contributed by atoms with E-state index >= 15 is 0 Å². The van der Waals surface area contributed by atoms with Crippen LogP contribution in [0.25, 0.3) is 10.8 Å². The van der Waals surface area contributed by atoms with Gasteiger partial charge in [0.05, 0.1) is 11.5 Å². The minimum Gasteiger partial charge on any atom is -0.426 e. The van der Waals surface area contributed by atoms with Crippen molar-refractivity contribution < 1.29 is 13.9 Å². The average molecular weight is 270 g/mol. The van der Waals surface area contributed by atoms with Gasteiger partial charge in [-0.15, -0.1) is 6.42 Å². The molecule has 0 aliphatic carbocycles. The summed E-state index contributed by atoms with van der Waals surface area (Å²) >= 11 is 0. The second kappa shape index (κ2) is 5.34. The van der Waals surface area contributed by atoms with Crippen molar-refractivity contribution in [1.82, 2.24) is 0 Å². The number of fused-ring (bicyclic) bond motifs is 1. The van der Waals surface area contributed by atoms with Gasteiger partial charge in [0.2, 0.25) is 0 Å². The maximum Gasteiger partial charge on any atom is 0.313 e. The predicted octanol–water partition coefficient (Wildman–Crippen LogP) is 3.83. The van der Waals surface area contributed by atoms with Crippen molar-refractivity contribution in [1.29, 1.82) is 0 Å². The topological polar surface area (TPSA) is 26.3 Å². The molecule has 0 aliphatic heterocycles. The standard InChI is InChI=1S/C17H15FO2/c1-5-14-15(18)7-6-12-9-13(8-11(4)16(12)14)20-17(19)10(2)3/h1,6-10H,2-4H3. The van der Waals surface area contributed by atoms with Crippen LogP contribution in [0.2, 0.25) is 0 Å². The van der Waals surface area contributed by atoms with E-state index in [9.17, 15) is 9.18 Å². The number of hydrogen-bond donors (Lipinski definition) is 0. The quantitative estimate of drug-likeness (QED) is 0.471. The summed E-state index contributed by atoms with van der Waals surface area (Å²) in [7, 11) is 0. The molecule has 0 amide bonds. The molecule has 0 radical (unpaired) electrons. The van der Waals surface area contributed by atoms with Crippen LogP contribution in [0.5, 0.6) is 5.75 Å². The molecule has 0 aliphatic rings. The molecule has 3 heteroatoms. The zero-order chi connectivity index (χ0) is 14.9. The SMILES string of the molecule is C#Cc1c(F)ccc2cc(OC(=O)C(C)C)cc(C)c12. The number of aryl methyl sites for hydroxylation is 1. The van der Waals surface area contributed by atoms with E-state index in [-0.39, 0.29) is 17.5 Å². The highest BCUT2D eigenvalue weighted by Crippen LogP contribution is 2.29. The van der Waals surface area contributed by atoms with Crippen LogP contribution >= 0.6 is 0 Å². The molecule has 0 N–H and O–H groups in total. The maximum atomic E-state index is 13.7. The molecule has 2 nitrogen and oxygen atoms in total. The minimum atomic E-state index is -0.421. The summed E-state index contributed by atoms with van der Waals surface area (Å²) in [5, 5.41) is 1.43. The lowest BCUT2D eigenvalue weighted by molar-refractivity contribution is -0.137. The number of carbonyl (C=O) groups excluding carboxylic acids is 1. The molecule has 20 heavy (non-hydrogen) atoms. The van der Waals surface area contributed by atoms with E-state index in [0.29, 0.717) is 11.1 Å². The first-order chi connectivity index (χ1) is 9.43. The fourth-order valence-corrected chi connectivity index (χ4v) is 2.05. The number of esters is 1. The van der Waals surface area contributed by atoms with Crippen LogP contribution in [-0.2, 0) is 4.79 Å². The molecule has 0 aromatic heterocycles. The van der Waals surface area contributed by atoms with E-state index in [1.54, 1.807) is 32.0 Å². The van der Waals surface area contributed by atoms with Gasteiger partial charge in [-0.3, -0.25) is 4.79 Å². The third kappa shape index (κ3) is 2.50. The van der Waals surface area contributed by atoms with Crippen LogP contribution in [0.1, 0.15) is 25.0 Å². The summed E-state index contributed by atoms with van der Waals surface area (Å²) in [6.07, 6.45) is 5.37. The van der Waals surface area contributed by atoms with E-state index in [4.69, 9.17) is 11.2 Å². The zero-order valence-electron chi connectivity index (χ0n) is 11.7. The van der Waals surface area contributed by atoms with E-state index in [1.807, 2.05) is 6.92 Å². The van der Waals surface area contributed by atoms with Gasteiger partial charge in [-0.2, -0.15) is 0 Å². The number of halogens is 1. The molecule has 0 atom stereocenters. The largest absolute Gasteiger partial charge is 0.426 e. The smallest absolute Gasteiger partial charge is 0.313 e. The summed E-state index contributed by atoms with van der Waals surface area (Å²) in [5.41, 5.74) is 1.02. The maximum absolute atomic E-state index is 13.7. The Labute approximate surface area is 117 Å². The van der Waals surface area contributed by atoms with Gasteiger partial charge >= 0.3 is 5.97 Å². The number of carbonyl (C=O) groups is 1. The lowest BCUT2D eigenvalue weighted by Crippen LogP contribution is -2.14. The fraction of sp³-hybridized carbons (Fsp3) is 0.235. The monoisotopic (exact) mass is 270 g/mol. The number of benzene rings is 2. The third-order valence-corrected chi connectivity index (χ3v) is 3.07. The van der Waals surface area contributed by atoms with Crippen molar-refractivity contribution in [2.24, 2.45) is 5.92 Å². The van der Waals surface area contributed by atoms with Crippen LogP contribution in [0.15, 0.2) is 24.3 Å². The normalized spacial score (nSPS) is 10.6. The number of rotatable bonds is 2. The van der Waals surface area contributed by atoms with E-state index in [2.05, 4.69) is 5.92 Å². The van der Waals surface area contributed by atoms with Gasteiger partial charge < -0.3 is 4.74 Å². The van der Waals surface area contributed by atoms with E-state index in [0.717, 1.165) is 10.9 Å². The van der Waals surface area contributed by atoms with Crippen LogP contribution in [0, 0.1) is 31.0 Å². The molecular formula is C17H15FO2. The zero-order valence-corrected chi connectivity index (χ0v) is 11.7. The Morgan fingerprint density at radius 2 is 2.05 bits per heavy atom. The average Bonchev–Trinajstić information content (AvgIpc) is 2.39. The second-order valence-electron chi connectivity index (χ2n) is 4.98. The second-order valence-corrected chi connectivity index (χ2v) is 4.98. The molecule has 0 bridgehead atoms. The first-order valence-corrected chi connectivity index (χ1v) is 6.35. The molecule has 0 heterocycles. The summed E-state index contributed by atoms with van der Waals surface area (Å²) in [6, 6.07) is 6.35. The van der Waals surface area contributed by atoms with Crippen molar-refractivity contribution in [2.75, 3.05) is 0 Å². The molecule has 2 rings (SSSR count). The van der Waals surface area contributed by atoms with Gasteiger partial charge in [0.25, 0.3) is 0 Å². The Morgan fingerprint density at radius 3 is 2.65 bits per heavy atom.